The normalized spacial score (nSPS) is 16.2. The molecule has 3 amide bonds. The predicted molar refractivity (Wildman–Crippen MR) is 160 cm³/mol. The highest BCUT2D eigenvalue weighted by molar-refractivity contribution is 5.84. The van der Waals surface area contributed by atoms with Crippen LogP contribution in [0.15, 0.2) is 73.2 Å². The SMILES string of the molecule is C[C@@H](COCc1ccccc1)NC(=O)C(C)(C)C.C[C@@H]1CCCN1C(=O)[C@H](c1ccccc1)n1cnc(NC=O)c1. The molecule has 1 saturated heterocycles. The van der Waals surface area contributed by atoms with Crippen molar-refractivity contribution in [3.05, 3.63) is 84.3 Å². The molecule has 0 spiro atoms. The lowest BCUT2D eigenvalue weighted by Gasteiger charge is -2.27. The fourth-order valence-corrected chi connectivity index (χ4v) is 4.52. The van der Waals surface area contributed by atoms with Crippen LogP contribution in [-0.4, -0.2) is 57.9 Å². The van der Waals surface area contributed by atoms with E-state index < -0.39 is 6.04 Å². The Morgan fingerprint density at radius 1 is 1.10 bits per heavy atom. The van der Waals surface area contributed by atoms with Crippen molar-refractivity contribution in [3.8, 4) is 0 Å². The van der Waals surface area contributed by atoms with Gasteiger partial charge in [-0.3, -0.25) is 14.4 Å². The lowest BCUT2D eigenvalue weighted by molar-refractivity contribution is -0.134. The third kappa shape index (κ3) is 9.56. The molecule has 3 atom stereocenters. The van der Waals surface area contributed by atoms with Crippen molar-refractivity contribution in [2.45, 2.75) is 72.2 Å². The van der Waals surface area contributed by atoms with Gasteiger partial charge < -0.3 is 24.8 Å². The topological polar surface area (TPSA) is 106 Å². The molecule has 41 heavy (non-hydrogen) atoms. The number of aromatic nitrogens is 2. The second-order valence-corrected chi connectivity index (χ2v) is 11.4. The zero-order valence-electron chi connectivity index (χ0n) is 24.7. The lowest BCUT2D eigenvalue weighted by Crippen LogP contribution is -2.42. The van der Waals surface area contributed by atoms with Gasteiger partial charge in [-0.15, -0.1) is 0 Å². The molecule has 220 valence electrons. The third-order valence-corrected chi connectivity index (χ3v) is 6.83. The van der Waals surface area contributed by atoms with Crippen LogP contribution in [-0.2, 0) is 25.7 Å². The monoisotopic (exact) mass is 561 g/mol. The molecular formula is C32H43N5O4. The average Bonchev–Trinajstić information content (AvgIpc) is 3.59. The first-order valence-corrected chi connectivity index (χ1v) is 14.1. The molecule has 9 heteroatoms. The molecule has 2 heterocycles. The van der Waals surface area contributed by atoms with Crippen LogP contribution in [0, 0.1) is 5.41 Å². The highest BCUT2D eigenvalue weighted by Crippen LogP contribution is 2.27. The summed E-state index contributed by atoms with van der Waals surface area (Å²) in [6.45, 7) is 11.6. The predicted octanol–water partition coefficient (Wildman–Crippen LogP) is 4.81. The smallest absolute Gasteiger partial charge is 0.250 e. The molecule has 0 radical (unpaired) electrons. The molecule has 4 rings (SSSR count). The molecule has 2 aromatic carbocycles. The van der Waals surface area contributed by atoms with Gasteiger partial charge in [0.15, 0.2) is 5.82 Å². The van der Waals surface area contributed by atoms with E-state index in [1.54, 1.807) is 17.1 Å². The first-order valence-electron chi connectivity index (χ1n) is 14.1. The summed E-state index contributed by atoms with van der Waals surface area (Å²) < 4.78 is 7.34. The maximum absolute atomic E-state index is 13.1. The zero-order valence-corrected chi connectivity index (χ0v) is 24.7. The molecule has 9 nitrogen and oxygen atoms in total. The number of carbonyl (C=O) groups is 3. The molecule has 3 aromatic rings. The van der Waals surface area contributed by atoms with Crippen LogP contribution in [0.2, 0.25) is 0 Å². The van der Waals surface area contributed by atoms with Crippen LogP contribution in [0.3, 0.4) is 0 Å². The number of amides is 3. The van der Waals surface area contributed by atoms with E-state index in [4.69, 9.17) is 4.74 Å². The lowest BCUT2D eigenvalue weighted by atomic mass is 9.95. The van der Waals surface area contributed by atoms with Crippen molar-refractivity contribution in [2.24, 2.45) is 5.41 Å². The van der Waals surface area contributed by atoms with Crippen LogP contribution in [0.4, 0.5) is 5.82 Å². The Morgan fingerprint density at radius 2 is 1.76 bits per heavy atom. The second-order valence-electron chi connectivity index (χ2n) is 11.4. The first-order chi connectivity index (χ1) is 19.6. The van der Waals surface area contributed by atoms with Crippen LogP contribution in [0.25, 0.3) is 0 Å². The maximum atomic E-state index is 13.1. The summed E-state index contributed by atoms with van der Waals surface area (Å²) in [5.41, 5.74) is 1.70. The minimum Gasteiger partial charge on any atom is -0.375 e. The van der Waals surface area contributed by atoms with Crippen LogP contribution in [0.1, 0.15) is 64.6 Å². The molecule has 1 aromatic heterocycles. The maximum Gasteiger partial charge on any atom is 0.250 e. The summed E-state index contributed by atoms with van der Waals surface area (Å²) in [6.07, 6.45) is 5.92. The van der Waals surface area contributed by atoms with Crippen molar-refractivity contribution >= 4 is 24.0 Å². The van der Waals surface area contributed by atoms with E-state index in [2.05, 4.69) is 22.5 Å². The Kier molecular flexibility index (Phi) is 11.6. The first kappa shape index (κ1) is 31.5. The third-order valence-electron chi connectivity index (χ3n) is 6.83. The summed E-state index contributed by atoms with van der Waals surface area (Å²) in [7, 11) is 0. The number of rotatable bonds is 10. The van der Waals surface area contributed by atoms with E-state index in [-0.39, 0.29) is 29.3 Å². The van der Waals surface area contributed by atoms with Gasteiger partial charge >= 0.3 is 0 Å². The van der Waals surface area contributed by atoms with Gasteiger partial charge in [0.1, 0.15) is 6.04 Å². The molecule has 1 fully saturated rings. The van der Waals surface area contributed by atoms with Crippen molar-refractivity contribution in [1.82, 2.24) is 19.8 Å². The molecule has 1 aliphatic heterocycles. The standard InChI is InChI=1S/C17H20N4O2.C15H23NO2/c1-13-6-5-9-21(13)17(23)16(14-7-3-2-4-8-14)20-10-15(18-11-20)19-12-22;1-12(16-14(17)15(2,3)4)10-18-11-13-8-6-5-7-9-13/h2-4,7-8,10-13,16H,5-6,9H2,1H3,(H,19,22);5-9,12H,10-11H2,1-4H3,(H,16,17)/t13-,16+;12-/m10/s1. The van der Waals surface area contributed by atoms with E-state index in [9.17, 15) is 14.4 Å². The molecule has 0 aliphatic carbocycles. The Morgan fingerprint density at radius 3 is 2.34 bits per heavy atom. The quantitative estimate of drug-likeness (QED) is 0.346. The van der Waals surface area contributed by atoms with Gasteiger partial charge in [0, 0.05) is 30.2 Å². The summed E-state index contributed by atoms with van der Waals surface area (Å²) in [5.74, 6) is 0.553. The van der Waals surface area contributed by atoms with Crippen molar-refractivity contribution < 1.29 is 19.1 Å². The van der Waals surface area contributed by atoms with Gasteiger partial charge in [0.25, 0.3) is 5.91 Å². The Bertz CT molecular complexity index is 1240. The number of hydrogen-bond acceptors (Lipinski definition) is 5. The fraction of sp³-hybridized carbons (Fsp3) is 0.438. The number of ether oxygens (including phenoxy) is 1. The molecule has 0 unspecified atom stereocenters. The molecule has 1 aliphatic rings. The highest BCUT2D eigenvalue weighted by Gasteiger charge is 2.32. The average molecular weight is 562 g/mol. The van der Waals surface area contributed by atoms with Gasteiger partial charge in [-0.05, 0) is 37.8 Å². The van der Waals surface area contributed by atoms with Crippen molar-refractivity contribution in [2.75, 3.05) is 18.5 Å². The highest BCUT2D eigenvalue weighted by atomic mass is 16.5. The molecule has 2 N–H and O–H groups in total. The molecule has 0 bridgehead atoms. The number of benzene rings is 2. The Balaban J connectivity index is 0.000000233. The van der Waals surface area contributed by atoms with Crippen molar-refractivity contribution in [1.29, 1.82) is 0 Å². The summed E-state index contributed by atoms with van der Waals surface area (Å²) in [5, 5.41) is 5.46. The molecule has 0 saturated carbocycles. The molecular weight excluding hydrogens is 518 g/mol. The largest absolute Gasteiger partial charge is 0.375 e. The van der Waals surface area contributed by atoms with Gasteiger partial charge in [-0.1, -0.05) is 81.4 Å². The minimum atomic E-state index is -0.466. The van der Waals surface area contributed by atoms with E-state index >= 15 is 0 Å². The van der Waals surface area contributed by atoms with E-state index in [1.807, 2.05) is 93.3 Å². The van der Waals surface area contributed by atoms with Crippen LogP contribution >= 0.6 is 0 Å². The van der Waals surface area contributed by atoms with E-state index in [0.717, 1.165) is 30.5 Å². The fourth-order valence-electron chi connectivity index (χ4n) is 4.52. The van der Waals surface area contributed by atoms with Gasteiger partial charge in [0.2, 0.25) is 12.3 Å². The van der Waals surface area contributed by atoms with Crippen LogP contribution in [0.5, 0.6) is 0 Å². The number of anilines is 1. The van der Waals surface area contributed by atoms with Gasteiger partial charge in [-0.25, -0.2) is 4.98 Å². The number of likely N-dealkylation sites (tertiary alicyclic amines) is 1. The number of nitrogens with zero attached hydrogens (tertiary/aromatic N) is 3. The summed E-state index contributed by atoms with van der Waals surface area (Å²) >= 11 is 0. The number of hydrogen-bond donors (Lipinski definition) is 2. The Hall–Kier alpha value is -3.98. The second kappa shape index (κ2) is 15.1. The van der Waals surface area contributed by atoms with E-state index in [0.29, 0.717) is 25.4 Å². The summed E-state index contributed by atoms with van der Waals surface area (Å²) in [4.78, 5) is 41.5. The van der Waals surface area contributed by atoms with Crippen LogP contribution < -0.4 is 10.6 Å². The number of imidazole rings is 1. The van der Waals surface area contributed by atoms with Gasteiger partial charge in [0.05, 0.1) is 19.5 Å². The van der Waals surface area contributed by atoms with Gasteiger partial charge in [-0.2, -0.15) is 0 Å². The van der Waals surface area contributed by atoms with E-state index in [1.165, 1.54) is 0 Å². The Labute approximate surface area is 243 Å². The summed E-state index contributed by atoms with van der Waals surface area (Å²) in [6, 6.07) is 19.5. The number of carbonyl (C=O) groups excluding carboxylic acids is 3. The van der Waals surface area contributed by atoms with Crippen molar-refractivity contribution in [3.63, 3.8) is 0 Å². The number of nitrogens with one attached hydrogen (secondary N) is 2. The zero-order chi connectivity index (χ0) is 29.8. The minimum absolute atomic E-state index is 0.0282.